The molecule has 0 aliphatic heterocycles. The first-order chi connectivity index (χ1) is 10.3. The van der Waals surface area contributed by atoms with Crippen LogP contribution in [0.1, 0.15) is 50.0 Å². The average Bonchev–Trinajstić information content (AvgIpc) is 3.27. The maximum absolute atomic E-state index is 6.06. The van der Waals surface area contributed by atoms with Crippen molar-refractivity contribution in [3.8, 4) is 5.75 Å². The highest BCUT2D eigenvalue weighted by Gasteiger charge is 2.38. The Kier molecular flexibility index (Phi) is 4.32. The normalized spacial score (nSPS) is 26.4. The van der Waals surface area contributed by atoms with Crippen molar-refractivity contribution in [3.05, 3.63) is 29.8 Å². The molecule has 2 aliphatic rings. The zero-order valence-electron chi connectivity index (χ0n) is 12.7. The highest BCUT2D eigenvalue weighted by atomic mass is 16.5. The predicted molar refractivity (Wildman–Crippen MR) is 85.8 cm³/mol. The fourth-order valence-corrected chi connectivity index (χ4v) is 3.23. The largest absolute Gasteiger partial charge is 0.497 e. The van der Waals surface area contributed by atoms with Crippen LogP contribution in [0.15, 0.2) is 29.3 Å². The zero-order chi connectivity index (χ0) is 14.7. The Balaban J connectivity index is 1.55. The van der Waals surface area contributed by atoms with Gasteiger partial charge in [0.2, 0.25) is 0 Å². The van der Waals surface area contributed by atoms with Crippen LogP contribution in [0.4, 0.5) is 0 Å². The molecule has 0 saturated heterocycles. The lowest BCUT2D eigenvalue weighted by molar-refractivity contribution is 0.412. The average molecular weight is 287 g/mol. The Morgan fingerprint density at radius 1 is 1.29 bits per heavy atom. The van der Waals surface area contributed by atoms with E-state index in [9.17, 15) is 0 Å². The van der Waals surface area contributed by atoms with Crippen LogP contribution < -0.4 is 15.8 Å². The summed E-state index contributed by atoms with van der Waals surface area (Å²) in [6.07, 6.45) is 7.50. The van der Waals surface area contributed by atoms with Gasteiger partial charge in [0.05, 0.1) is 13.2 Å². The predicted octanol–water partition coefficient (Wildman–Crippen LogP) is 2.79. The molecule has 2 fully saturated rings. The molecule has 2 atom stereocenters. The van der Waals surface area contributed by atoms with Crippen LogP contribution >= 0.6 is 0 Å². The van der Waals surface area contributed by atoms with E-state index in [1.807, 2.05) is 12.1 Å². The topological polar surface area (TPSA) is 59.6 Å². The summed E-state index contributed by atoms with van der Waals surface area (Å²) >= 11 is 0. The van der Waals surface area contributed by atoms with Gasteiger partial charge in [-0.05, 0) is 37.0 Å². The van der Waals surface area contributed by atoms with E-state index < -0.39 is 0 Å². The van der Waals surface area contributed by atoms with Gasteiger partial charge < -0.3 is 15.8 Å². The minimum atomic E-state index is 0.327. The van der Waals surface area contributed by atoms with Gasteiger partial charge in [-0.25, -0.2) is 4.99 Å². The Morgan fingerprint density at radius 3 is 2.86 bits per heavy atom. The molecule has 21 heavy (non-hydrogen) atoms. The van der Waals surface area contributed by atoms with E-state index >= 15 is 0 Å². The van der Waals surface area contributed by atoms with Crippen LogP contribution in [-0.2, 0) is 0 Å². The van der Waals surface area contributed by atoms with Gasteiger partial charge in [0.1, 0.15) is 5.75 Å². The lowest BCUT2D eigenvalue weighted by Crippen LogP contribution is -2.41. The number of hydrogen-bond donors (Lipinski definition) is 2. The van der Waals surface area contributed by atoms with Crippen LogP contribution in [0.25, 0.3) is 0 Å². The first-order valence-corrected chi connectivity index (χ1v) is 8.00. The molecule has 2 aliphatic carbocycles. The standard InChI is InChI=1S/C17H25N3O/c1-21-14-9-5-6-12(10-14)15-11-16(15)20-17(18)19-13-7-3-2-4-8-13/h5-6,9-10,13,15-16H,2-4,7-8,11H2,1H3,(H3,18,19,20)/t15-,16+/m0/s1. The number of benzene rings is 1. The van der Waals surface area contributed by atoms with Crippen molar-refractivity contribution in [2.75, 3.05) is 7.11 Å². The summed E-state index contributed by atoms with van der Waals surface area (Å²) in [5.74, 6) is 2.03. The van der Waals surface area contributed by atoms with Crippen LogP contribution in [0.5, 0.6) is 5.75 Å². The van der Waals surface area contributed by atoms with Gasteiger partial charge in [0, 0.05) is 12.0 Å². The van der Waals surface area contributed by atoms with Crippen molar-refractivity contribution >= 4 is 5.96 Å². The highest BCUT2D eigenvalue weighted by molar-refractivity contribution is 5.78. The van der Waals surface area contributed by atoms with Crippen molar-refractivity contribution in [2.45, 2.75) is 56.5 Å². The third-order valence-electron chi connectivity index (χ3n) is 4.54. The second-order valence-corrected chi connectivity index (χ2v) is 6.18. The molecule has 4 heteroatoms. The smallest absolute Gasteiger partial charge is 0.189 e. The van der Waals surface area contributed by atoms with Crippen molar-refractivity contribution in [3.63, 3.8) is 0 Å². The Labute approximate surface area is 126 Å². The summed E-state index contributed by atoms with van der Waals surface area (Å²) in [6.45, 7) is 0. The Hall–Kier alpha value is -1.71. The second-order valence-electron chi connectivity index (χ2n) is 6.18. The van der Waals surface area contributed by atoms with Gasteiger partial charge in [0.15, 0.2) is 5.96 Å². The third kappa shape index (κ3) is 3.69. The number of ether oxygens (including phenoxy) is 1. The molecule has 114 valence electrons. The Bertz CT molecular complexity index is 509. The molecule has 0 aromatic heterocycles. The van der Waals surface area contributed by atoms with Crippen LogP contribution in [-0.4, -0.2) is 25.2 Å². The molecule has 0 spiro atoms. The van der Waals surface area contributed by atoms with Gasteiger partial charge in [-0.3, -0.25) is 0 Å². The summed E-state index contributed by atoms with van der Waals surface area (Å²) in [6, 6.07) is 9.11. The Morgan fingerprint density at radius 2 is 2.10 bits per heavy atom. The number of rotatable bonds is 4. The van der Waals surface area contributed by atoms with Crippen molar-refractivity contribution in [2.24, 2.45) is 10.7 Å². The first-order valence-electron chi connectivity index (χ1n) is 8.00. The molecular formula is C17H25N3O. The van der Waals surface area contributed by atoms with E-state index in [0.717, 1.165) is 12.2 Å². The van der Waals surface area contributed by atoms with E-state index in [0.29, 0.717) is 24.0 Å². The van der Waals surface area contributed by atoms with E-state index in [1.54, 1.807) is 7.11 Å². The fourth-order valence-electron chi connectivity index (χ4n) is 3.23. The van der Waals surface area contributed by atoms with E-state index in [-0.39, 0.29) is 0 Å². The van der Waals surface area contributed by atoms with Crippen LogP contribution in [0.3, 0.4) is 0 Å². The van der Waals surface area contributed by atoms with Crippen molar-refractivity contribution in [1.82, 2.24) is 5.32 Å². The van der Waals surface area contributed by atoms with Crippen molar-refractivity contribution in [1.29, 1.82) is 0 Å². The third-order valence-corrected chi connectivity index (χ3v) is 4.54. The quantitative estimate of drug-likeness (QED) is 0.661. The first kappa shape index (κ1) is 14.2. The minimum absolute atomic E-state index is 0.327. The van der Waals surface area contributed by atoms with E-state index in [2.05, 4.69) is 22.4 Å². The van der Waals surface area contributed by atoms with Gasteiger partial charge in [0.25, 0.3) is 0 Å². The van der Waals surface area contributed by atoms with Crippen LogP contribution in [0, 0.1) is 0 Å². The molecule has 0 unspecified atom stereocenters. The molecule has 2 saturated carbocycles. The minimum Gasteiger partial charge on any atom is -0.497 e. The summed E-state index contributed by atoms with van der Waals surface area (Å²) in [4.78, 5) is 4.64. The molecule has 3 N–H and O–H groups in total. The molecule has 0 heterocycles. The van der Waals surface area contributed by atoms with E-state index in [1.165, 1.54) is 37.7 Å². The summed E-state index contributed by atoms with van der Waals surface area (Å²) in [7, 11) is 1.70. The number of methoxy groups -OCH3 is 1. The molecule has 1 aromatic rings. The number of nitrogens with one attached hydrogen (secondary N) is 1. The monoisotopic (exact) mass is 287 g/mol. The molecule has 1 aromatic carbocycles. The van der Waals surface area contributed by atoms with E-state index in [4.69, 9.17) is 10.5 Å². The zero-order valence-corrected chi connectivity index (χ0v) is 12.7. The van der Waals surface area contributed by atoms with Gasteiger partial charge >= 0.3 is 0 Å². The number of nitrogens with zero attached hydrogens (tertiary/aromatic N) is 1. The number of guanidine groups is 1. The fraction of sp³-hybridized carbons (Fsp3) is 0.588. The van der Waals surface area contributed by atoms with Crippen LogP contribution in [0.2, 0.25) is 0 Å². The maximum Gasteiger partial charge on any atom is 0.189 e. The molecular weight excluding hydrogens is 262 g/mol. The van der Waals surface area contributed by atoms with Crippen molar-refractivity contribution < 1.29 is 4.74 Å². The molecule has 0 bridgehead atoms. The summed E-state index contributed by atoms with van der Waals surface area (Å²) in [5.41, 5.74) is 7.36. The molecule has 0 radical (unpaired) electrons. The molecule has 0 amide bonds. The van der Waals surface area contributed by atoms with Gasteiger partial charge in [-0.15, -0.1) is 0 Å². The summed E-state index contributed by atoms with van der Waals surface area (Å²) < 4.78 is 5.28. The van der Waals surface area contributed by atoms with Gasteiger partial charge in [-0.1, -0.05) is 31.4 Å². The maximum atomic E-state index is 6.06. The lowest BCUT2D eigenvalue weighted by atomic mass is 9.96. The molecule has 4 nitrogen and oxygen atoms in total. The van der Waals surface area contributed by atoms with Gasteiger partial charge in [-0.2, -0.15) is 0 Å². The SMILES string of the molecule is COc1cccc([C@@H]2C[C@H]2N=C(N)NC2CCCCC2)c1. The number of hydrogen-bond acceptors (Lipinski definition) is 2. The highest BCUT2D eigenvalue weighted by Crippen LogP contribution is 2.44. The summed E-state index contributed by atoms with van der Waals surface area (Å²) in [5, 5.41) is 3.39. The number of nitrogens with two attached hydrogens (primary N) is 1. The second kappa shape index (κ2) is 6.37. The lowest BCUT2D eigenvalue weighted by Gasteiger charge is -2.23. The molecule has 3 rings (SSSR count). The number of aliphatic imine (C=N–C) groups is 1.